The Morgan fingerprint density at radius 3 is 1.48 bits per heavy atom. The number of Topliss-reactive ketones (excluding diaryl/α,β-unsaturated/α-hetero) is 2. The molecule has 0 saturated heterocycles. The predicted octanol–water partition coefficient (Wildman–Crippen LogP) is 3.28. The molecule has 5 heteroatoms. The highest BCUT2D eigenvalue weighted by atomic mass is 16.3. The Labute approximate surface area is 153 Å². The minimum atomic E-state index is -0.920. The van der Waals surface area contributed by atoms with Crippen LogP contribution in [0.15, 0.2) is 0 Å². The average Bonchev–Trinajstić information content (AvgIpc) is 2.45. The summed E-state index contributed by atoms with van der Waals surface area (Å²) in [5.74, 6) is 0.121. The number of hydrogen-bond donors (Lipinski definition) is 3. The monoisotopic (exact) mass is 360 g/mol. The summed E-state index contributed by atoms with van der Waals surface area (Å²) in [6, 6.07) is 0. The molecular weight excluding hydrogens is 320 g/mol. The molecule has 25 heavy (non-hydrogen) atoms. The zero-order valence-electron chi connectivity index (χ0n) is 17.4. The van der Waals surface area contributed by atoms with Gasteiger partial charge >= 0.3 is 0 Å². The van der Waals surface area contributed by atoms with Gasteiger partial charge in [0.2, 0.25) is 0 Å². The van der Waals surface area contributed by atoms with Gasteiger partial charge in [-0.05, 0) is 12.8 Å². The van der Waals surface area contributed by atoms with E-state index in [0.29, 0.717) is 12.8 Å². The number of aliphatic hydroxyl groups is 3. The van der Waals surface area contributed by atoms with Crippen LogP contribution in [0.5, 0.6) is 0 Å². The lowest BCUT2D eigenvalue weighted by Crippen LogP contribution is -2.32. The van der Waals surface area contributed by atoms with Gasteiger partial charge in [0.25, 0.3) is 0 Å². The maximum atomic E-state index is 11.4. The lowest BCUT2D eigenvalue weighted by atomic mass is 9.86. The summed E-state index contributed by atoms with van der Waals surface area (Å²) in [7, 11) is 0. The van der Waals surface area contributed by atoms with Gasteiger partial charge in [-0.15, -0.1) is 0 Å². The maximum absolute atomic E-state index is 11.4. The summed E-state index contributed by atoms with van der Waals surface area (Å²) in [6.07, 6.45) is 0.319. The van der Waals surface area contributed by atoms with Crippen molar-refractivity contribution in [2.24, 2.45) is 10.8 Å². The molecule has 0 radical (unpaired) electrons. The lowest BCUT2D eigenvalue weighted by Gasteiger charge is -2.21. The Morgan fingerprint density at radius 2 is 1.16 bits per heavy atom. The van der Waals surface area contributed by atoms with Crippen molar-refractivity contribution < 1.29 is 24.9 Å². The molecule has 0 saturated carbocycles. The van der Waals surface area contributed by atoms with E-state index in [0.717, 1.165) is 12.8 Å². The van der Waals surface area contributed by atoms with Crippen molar-refractivity contribution in [1.82, 2.24) is 0 Å². The minimum absolute atomic E-state index is 0.0208. The van der Waals surface area contributed by atoms with Crippen molar-refractivity contribution in [3.63, 3.8) is 0 Å². The van der Waals surface area contributed by atoms with E-state index in [2.05, 4.69) is 0 Å². The molecule has 0 aromatic heterocycles. The van der Waals surface area contributed by atoms with Gasteiger partial charge in [-0.2, -0.15) is 0 Å². The van der Waals surface area contributed by atoms with E-state index < -0.39 is 23.7 Å². The van der Waals surface area contributed by atoms with Crippen LogP contribution < -0.4 is 0 Å². The average molecular weight is 361 g/mol. The van der Waals surface area contributed by atoms with Crippen LogP contribution in [0.3, 0.4) is 0 Å². The molecule has 0 aliphatic rings. The van der Waals surface area contributed by atoms with Crippen molar-refractivity contribution in [3.8, 4) is 0 Å². The molecule has 150 valence electrons. The van der Waals surface area contributed by atoms with Crippen LogP contribution in [0.1, 0.15) is 87.5 Å². The fourth-order valence-corrected chi connectivity index (χ4v) is 1.86. The zero-order valence-corrected chi connectivity index (χ0v) is 17.4. The third-order valence-corrected chi connectivity index (χ3v) is 3.97. The Morgan fingerprint density at radius 1 is 0.760 bits per heavy atom. The number of ketones is 2. The highest BCUT2D eigenvalue weighted by Gasteiger charge is 2.26. The smallest absolute Gasteiger partial charge is 0.140 e. The molecule has 0 aliphatic carbocycles. The van der Waals surface area contributed by atoms with Gasteiger partial charge in [0.1, 0.15) is 11.6 Å². The third kappa shape index (κ3) is 13.1. The van der Waals surface area contributed by atoms with Crippen LogP contribution in [0.4, 0.5) is 0 Å². The molecule has 0 rings (SSSR count). The first kappa shape index (κ1) is 26.4. The summed E-state index contributed by atoms with van der Waals surface area (Å²) in [5, 5.41) is 28.0. The van der Waals surface area contributed by atoms with Gasteiger partial charge in [-0.3, -0.25) is 9.59 Å². The lowest BCUT2D eigenvalue weighted by molar-refractivity contribution is -0.130. The molecule has 0 heterocycles. The van der Waals surface area contributed by atoms with E-state index in [1.165, 1.54) is 0 Å². The second kappa shape index (κ2) is 11.8. The predicted molar refractivity (Wildman–Crippen MR) is 101 cm³/mol. The van der Waals surface area contributed by atoms with Gasteiger partial charge in [-0.25, -0.2) is 0 Å². The molecule has 0 aromatic carbocycles. The summed E-state index contributed by atoms with van der Waals surface area (Å²) in [6.45, 7) is 14.8. The first-order chi connectivity index (χ1) is 11.2. The van der Waals surface area contributed by atoms with Crippen LogP contribution in [0.25, 0.3) is 0 Å². The Balaban J connectivity index is 0. The van der Waals surface area contributed by atoms with Crippen LogP contribution in [0.2, 0.25) is 0 Å². The first-order valence-electron chi connectivity index (χ1n) is 9.27. The van der Waals surface area contributed by atoms with Crippen LogP contribution in [-0.2, 0) is 9.59 Å². The summed E-state index contributed by atoms with van der Waals surface area (Å²) >= 11 is 0. The number of rotatable bonds is 8. The van der Waals surface area contributed by atoms with Gasteiger partial charge in [0.15, 0.2) is 0 Å². The molecule has 5 nitrogen and oxygen atoms in total. The fraction of sp³-hybridized carbons (Fsp3) is 0.900. The molecule has 0 aliphatic heterocycles. The standard InChI is InChI=1S/C10H20O3.C10H20O2/c1-5-7(11)8(12)6-9(13)10(2,3)4;1-5-6-8(11)7-9(12)10(2,3)4/h7-8,11-12H,5-6H2,1-4H3;8,11H,5-7H2,1-4H3. The van der Waals surface area contributed by atoms with Crippen LogP contribution in [-0.4, -0.2) is 45.2 Å². The largest absolute Gasteiger partial charge is 0.393 e. The fourth-order valence-electron chi connectivity index (χ4n) is 1.86. The van der Waals surface area contributed by atoms with E-state index >= 15 is 0 Å². The van der Waals surface area contributed by atoms with Crippen molar-refractivity contribution in [2.45, 2.75) is 106 Å². The van der Waals surface area contributed by atoms with E-state index in [4.69, 9.17) is 0 Å². The highest BCUT2D eigenvalue weighted by molar-refractivity contribution is 5.84. The molecule has 0 spiro atoms. The Bertz CT molecular complexity index is 390. The molecule has 0 fully saturated rings. The molecule has 0 aromatic rings. The third-order valence-electron chi connectivity index (χ3n) is 3.97. The topological polar surface area (TPSA) is 94.8 Å². The van der Waals surface area contributed by atoms with E-state index in [1.807, 2.05) is 27.7 Å². The highest BCUT2D eigenvalue weighted by Crippen LogP contribution is 2.19. The number of carbonyl (C=O) groups excluding carboxylic acids is 2. The normalized spacial score (nSPS) is 15.6. The Kier molecular flexibility index (Phi) is 12.4. The van der Waals surface area contributed by atoms with Crippen molar-refractivity contribution in [2.75, 3.05) is 0 Å². The molecule has 3 unspecified atom stereocenters. The SMILES string of the molecule is CCC(O)C(O)CC(=O)C(C)(C)C.CCCC(O)CC(=O)C(C)(C)C. The molecule has 3 atom stereocenters. The zero-order chi connectivity index (χ0) is 20.4. The van der Waals surface area contributed by atoms with E-state index in [1.54, 1.807) is 27.7 Å². The van der Waals surface area contributed by atoms with Crippen molar-refractivity contribution in [1.29, 1.82) is 0 Å². The van der Waals surface area contributed by atoms with Crippen LogP contribution >= 0.6 is 0 Å². The van der Waals surface area contributed by atoms with Gasteiger partial charge in [0.05, 0.1) is 18.3 Å². The van der Waals surface area contributed by atoms with Crippen molar-refractivity contribution >= 4 is 11.6 Å². The van der Waals surface area contributed by atoms with Gasteiger partial charge < -0.3 is 15.3 Å². The Hall–Kier alpha value is -0.780. The first-order valence-corrected chi connectivity index (χ1v) is 9.27. The minimum Gasteiger partial charge on any atom is -0.393 e. The summed E-state index contributed by atoms with van der Waals surface area (Å²) in [4.78, 5) is 22.8. The second-order valence-electron chi connectivity index (χ2n) is 8.74. The maximum Gasteiger partial charge on any atom is 0.140 e. The molecule has 0 amide bonds. The summed E-state index contributed by atoms with van der Waals surface area (Å²) in [5.41, 5.74) is -0.747. The van der Waals surface area contributed by atoms with E-state index in [9.17, 15) is 24.9 Å². The molecule has 3 N–H and O–H groups in total. The summed E-state index contributed by atoms with van der Waals surface area (Å²) < 4.78 is 0. The van der Waals surface area contributed by atoms with Crippen molar-refractivity contribution in [3.05, 3.63) is 0 Å². The van der Waals surface area contributed by atoms with Crippen LogP contribution in [0, 0.1) is 10.8 Å². The second-order valence-corrected chi connectivity index (χ2v) is 8.74. The number of aliphatic hydroxyl groups excluding tert-OH is 3. The molecule has 0 bridgehead atoms. The quantitative estimate of drug-likeness (QED) is 0.617. The number of carbonyl (C=O) groups is 2. The molecular formula is C20H40O5. The number of hydrogen-bond acceptors (Lipinski definition) is 5. The van der Waals surface area contributed by atoms with E-state index in [-0.39, 0.29) is 23.4 Å². The van der Waals surface area contributed by atoms with Gasteiger partial charge in [-0.1, -0.05) is 61.8 Å². The van der Waals surface area contributed by atoms with Gasteiger partial charge in [0, 0.05) is 23.7 Å².